The highest BCUT2D eigenvalue weighted by Gasteiger charge is 2.11. The molecule has 0 unspecified atom stereocenters. The number of nitrogens with zero attached hydrogens (tertiary/aromatic N) is 2. The van der Waals surface area contributed by atoms with Crippen molar-refractivity contribution < 1.29 is 9.59 Å². The van der Waals surface area contributed by atoms with E-state index in [1.54, 1.807) is 23.9 Å². The summed E-state index contributed by atoms with van der Waals surface area (Å²) in [4.78, 5) is 24.1. The van der Waals surface area contributed by atoms with Gasteiger partial charge in [-0.25, -0.2) is 0 Å². The van der Waals surface area contributed by atoms with Gasteiger partial charge < -0.3 is 0 Å². The van der Waals surface area contributed by atoms with Gasteiger partial charge in [-0.1, -0.05) is 83.8 Å². The molecule has 138 valence electrons. The number of thioether (sulfide) groups is 2. The van der Waals surface area contributed by atoms with Gasteiger partial charge >= 0.3 is 0 Å². The van der Waals surface area contributed by atoms with Crippen LogP contribution in [0.2, 0.25) is 0 Å². The van der Waals surface area contributed by atoms with E-state index in [0.717, 1.165) is 5.75 Å². The Morgan fingerprint density at radius 2 is 1.63 bits per heavy atom. The normalized spacial score (nSPS) is 10.5. The summed E-state index contributed by atoms with van der Waals surface area (Å²) >= 11 is 4.15. The third-order valence-electron chi connectivity index (χ3n) is 3.42. The van der Waals surface area contributed by atoms with Crippen LogP contribution >= 0.6 is 34.9 Å². The quantitative estimate of drug-likeness (QED) is 0.318. The van der Waals surface area contributed by atoms with Crippen LogP contribution in [0.3, 0.4) is 0 Å². The van der Waals surface area contributed by atoms with Gasteiger partial charge in [-0.15, -0.1) is 22.0 Å². The Balaban J connectivity index is 1.41. The minimum Gasteiger partial charge on any atom is -0.300 e. The van der Waals surface area contributed by atoms with E-state index in [-0.39, 0.29) is 11.7 Å². The molecule has 0 saturated carbocycles. The summed E-state index contributed by atoms with van der Waals surface area (Å²) in [6.45, 7) is 0. The predicted octanol–water partition coefficient (Wildman–Crippen LogP) is 4.39. The first-order valence-corrected chi connectivity index (χ1v) is 11.1. The number of nitrogens with one attached hydrogen (secondary N) is 1. The first kappa shape index (κ1) is 19.6. The van der Waals surface area contributed by atoms with Crippen molar-refractivity contribution in [3.63, 3.8) is 0 Å². The lowest BCUT2D eigenvalue weighted by molar-refractivity contribution is -0.113. The number of carbonyl (C=O) groups is 2. The zero-order valence-electron chi connectivity index (χ0n) is 14.3. The van der Waals surface area contributed by atoms with Gasteiger partial charge in [0.2, 0.25) is 11.0 Å². The number of amides is 1. The fourth-order valence-corrected chi connectivity index (χ4v) is 4.59. The van der Waals surface area contributed by atoms with Crippen LogP contribution in [0.25, 0.3) is 0 Å². The van der Waals surface area contributed by atoms with Crippen LogP contribution in [0, 0.1) is 0 Å². The molecule has 0 fully saturated rings. The summed E-state index contributed by atoms with van der Waals surface area (Å²) in [5, 5.41) is 11.2. The van der Waals surface area contributed by atoms with Gasteiger partial charge in [-0.3, -0.25) is 14.9 Å². The van der Waals surface area contributed by atoms with E-state index >= 15 is 0 Å². The molecule has 0 aliphatic rings. The molecule has 0 bridgehead atoms. The zero-order chi connectivity index (χ0) is 18.9. The highest BCUT2D eigenvalue weighted by atomic mass is 32.2. The molecule has 8 heteroatoms. The lowest BCUT2D eigenvalue weighted by Gasteiger charge is -2.02. The van der Waals surface area contributed by atoms with Crippen molar-refractivity contribution in [1.82, 2.24) is 10.2 Å². The molecular formula is C19H17N3O2S3. The van der Waals surface area contributed by atoms with Gasteiger partial charge in [-0.2, -0.15) is 0 Å². The summed E-state index contributed by atoms with van der Waals surface area (Å²) in [6.07, 6.45) is 0. The van der Waals surface area contributed by atoms with Gasteiger partial charge in [0.25, 0.3) is 0 Å². The minimum absolute atomic E-state index is 0.0405. The van der Waals surface area contributed by atoms with Crippen LogP contribution < -0.4 is 5.32 Å². The molecule has 0 radical (unpaired) electrons. The lowest BCUT2D eigenvalue weighted by atomic mass is 10.2. The molecule has 1 heterocycles. The highest BCUT2D eigenvalue weighted by molar-refractivity contribution is 8.01. The molecule has 1 N–H and O–H groups in total. The molecule has 1 amide bonds. The maximum atomic E-state index is 12.1. The molecule has 1 aromatic heterocycles. The Morgan fingerprint density at radius 3 is 2.37 bits per heavy atom. The number of aromatic nitrogens is 2. The maximum absolute atomic E-state index is 12.1. The van der Waals surface area contributed by atoms with Crippen molar-refractivity contribution in [2.24, 2.45) is 0 Å². The van der Waals surface area contributed by atoms with Gasteiger partial charge in [0.1, 0.15) is 0 Å². The average molecular weight is 416 g/mol. The zero-order valence-corrected chi connectivity index (χ0v) is 16.8. The number of Topliss-reactive ketones (excluding diaryl/α,β-unsaturated/α-hetero) is 1. The number of hydrogen-bond acceptors (Lipinski definition) is 7. The van der Waals surface area contributed by atoms with Crippen LogP contribution in [-0.2, 0) is 10.5 Å². The van der Waals surface area contributed by atoms with Crippen molar-refractivity contribution in [2.45, 2.75) is 10.1 Å². The summed E-state index contributed by atoms with van der Waals surface area (Å²) in [6, 6.07) is 19.2. The molecule has 0 aliphatic heterocycles. The second kappa shape index (κ2) is 10.2. The van der Waals surface area contributed by atoms with Crippen LogP contribution in [0.1, 0.15) is 15.9 Å². The summed E-state index contributed by atoms with van der Waals surface area (Å²) in [5.41, 5.74) is 1.87. The third-order valence-corrected chi connectivity index (χ3v) is 6.40. The summed E-state index contributed by atoms with van der Waals surface area (Å²) < 4.78 is 0.659. The summed E-state index contributed by atoms with van der Waals surface area (Å²) in [5.74, 6) is 1.36. The third kappa shape index (κ3) is 6.50. The molecule has 0 spiro atoms. The lowest BCUT2D eigenvalue weighted by Crippen LogP contribution is -2.13. The number of ketones is 1. The average Bonchev–Trinajstić information content (AvgIpc) is 3.15. The van der Waals surface area contributed by atoms with Crippen LogP contribution in [0.4, 0.5) is 5.13 Å². The van der Waals surface area contributed by atoms with Crippen LogP contribution in [0.5, 0.6) is 0 Å². The van der Waals surface area contributed by atoms with Crippen molar-refractivity contribution >= 4 is 51.7 Å². The smallest absolute Gasteiger partial charge is 0.236 e. The van der Waals surface area contributed by atoms with E-state index in [1.165, 1.54) is 28.7 Å². The molecule has 0 saturated heterocycles. The Morgan fingerprint density at radius 1 is 0.926 bits per heavy atom. The van der Waals surface area contributed by atoms with Crippen molar-refractivity contribution in [3.8, 4) is 0 Å². The van der Waals surface area contributed by atoms with E-state index in [2.05, 4.69) is 15.5 Å². The molecule has 0 atom stereocenters. The number of rotatable bonds is 9. The molecule has 3 rings (SSSR count). The fourth-order valence-electron chi connectivity index (χ4n) is 2.14. The van der Waals surface area contributed by atoms with E-state index in [0.29, 0.717) is 26.5 Å². The van der Waals surface area contributed by atoms with Crippen LogP contribution in [0.15, 0.2) is 65.0 Å². The minimum atomic E-state index is -0.107. The predicted molar refractivity (Wildman–Crippen MR) is 113 cm³/mol. The van der Waals surface area contributed by atoms with Gasteiger partial charge in [0.15, 0.2) is 10.1 Å². The number of anilines is 1. The molecular weight excluding hydrogens is 398 g/mol. The first-order valence-electron chi connectivity index (χ1n) is 8.17. The number of benzene rings is 2. The monoisotopic (exact) mass is 415 g/mol. The number of hydrogen-bond donors (Lipinski definition) is 1. The molecule has 2 aromatic carbocycles. The molecule has 5 nitrogen and oxygen atoms in total. The van der Waals surface area contributed by atoms with E-state index in [4.69, 9.17) is 0 Å². The van der Waals surface area contributed by atoms with Crippen LogP contribution in [-0.4, -0.2) is 33.4 Å². The fraction of sp³-hybridized carbons (Fsp3) is 0.158. The van der Waals surface area contributed by atoms with Gasteiger partial charge in [0, 0.05) is 11.3 Å². The Bertz CT molecular complexity index is 885. The second-order valence-corrected chi connectivity index (χ2v) is 8.66. The second-order valence-electron chi connectivity index (χ2n) is 5.48. The Labute approximate surface area is 170 Å². The summed E-state index contributed by atoms with van der Waals surface area (Å²) in [7, 11) is 0. The SMILES string of the molecule is O=C(CSCc1ccccc1)Nc1nnc(SCC(=O)c2ccccc2)s1. The molecule has 27 heavy (non-hydrogen) atoms. The molecule has 3 aromatic rings. The largest absolute Gasteiger partial charge is 0.300 e. The van der Waals surface area contributed by atoms with E-state index in [9.17, 15) is 9.59 Å². The number of carbonyl (C=O) groups excluding carboxylic acids is 2. The topological polar surface area (TPSA) is 72.0 Å². The van der Waals surface area contributed by atoms with Crippen molar-refractivity contribution in [2.75, 3.05) is 16.8 Å². The van der Waals surface area contributed by atoms with Crippen molar-refractivity contribution in [1.29, 1.82) is 0 Å². The Hall–Kier alpha value is -2.16. The van der Waals surface area contributed by atoms with E-state index < -0.39 is 0 Å². The maximum Gasteiger partial charge on any atom is 0.236 e. The first-order chi connectivity index (χ1) is 13.2. The van der Waals surface area contributed by atoms with E-state index in [1.807, 2.05) is 48.5 Å². The van der Waals surface area contributed by atoms with Gasteiger partial charge in [0.05, 0.1) is 11.5 Å². The highest BCUT2D eigenvalue weighted by Crippen LogP contribution is 2.26. The van der Waals surface area contributed by atoms with Crippen molar-refractivity contribution in [3.05, 3.63) is 71.8 Å². The standard InChI is InChI=1S/C19H17N3O2S3/c23-16(15-9-5-2-6-10-15)12-26-19-22-21-18(27-19)20-17(24)13-25-11-14-7-3-1-4-8-14/h1-10H,11-13H2,(H,20,21,24). The Kier molecular flexibility index (Phi) is 7.44. The molecule has 0 aliphatic carbocycles. The van der Waals surface area contributed by atoms with Gasteiger partial charge in [-0.05, 0) is 5.56 Å².